The Kier molecular flexibility index (Phi) is 8.42. The lowest BCUT2D eigenvalue weighted by molar-refractivity contribution is 0.592. The van der Waals surface area contributed by atoms with E-state index in [0.29, 0.717) is 0 Å². The average molecular weight is 787 g/mol. The molecule has 0 spiro atoms. The molecule has 286 valence electrons. The molecule has 0 fully saturated rings. The Bertz CT molecular complexity index is 2950. The monoisotopic (exact) mass is 786 g/mol. The maximum absolute atomic E-state index is 16.4. The van der Waals surface area contributed by atoms with Gasteiger partial charge in [0.05, 0.1) is 5.41 Å². The number of benzene rings is 9. The van der Waals surface area contributed by atoms with Crippen LogP contribution in [0.3, 0.4) is 0 Å². The van der Waals surface area contributed by atoms with Crippen LogP contribution in [0.4, 0.5) is 0 Å². The van der Waals surface area contributed by atoms with Crippen LogP contribution in [0.1, 0.15) is 47.2 Å². The molecule has 2 aliphatic carbocycles. The van der Waals surface area contributed by atoms with Gasteiger partial charge in [0.1, 0.15) is 0 Å². The molecule has 2 heteroatoms. The van der Waals surface area contributed by atoms with Crippen molar-refractivity contribution in [3.8, 4) is 44.5 Å². The third-order valence-corrected chi connectivity index (χ3v) is 16.3. The second-order valence-electron chi connectivity index (χ2n) is 16.8. The molecule has 9 aromatic carbocycles. The third-order valence-electron chi connectivity index (χ3n) is 13.2. The summed E-state index contributed by atoms with van der Waals surface area (Å²) < 4.78 is 16.4. The summed E-state index contributed by atoms with van der Waals surface area (Å²) >= 11 is 0. The first-order valence-electron chi connectivity index (χ1n) is 20.9. The van der Waals surface area contributed by atoms with Gasteiger partial charge in [-0.15, -0.1) is 0 Å². The minimum Gasteiger partial charge on any atom is -0.309 e. The maximum atomic E-state index is 16.4. The SMILES string of the molecule is CC1(C)c2cc(-c3ccccc3)cc3c2-c2c1cc(P(=O)(c1ccccc1)c1ccccc1)cc2C3(c1ccc(-c2ccccc2)cc1)c1ccc(-c2ccccc2)cc1. The van der Waals surface area contributed by atoms with Crippen molar-refractivity contribution in [2.24, 2.45) is 0 Å². The number of rotatable bonds is 8. The lowest BCUT2D eigenvalue weighted by atomic mass is 9.65. The lowest BCUT2D eigenvalue weighted by Crippen LogP contribution is -2.33. The van der Waals surface area contributed by atoms with E-state index in [0.717, 1.165) is 15.9 Å². The molecule has 0 saturated carbocycles. The molecule has 0 atom stereocenters. The van der Waals surface area contributed by atoms with Crippen molar-refractivity contribution in [2.45, 2.75) is 24.7 Å². The van der Waals surface area contributed by atoms with E-state index < -0.39 is 12.6 Å². The highest BCUT2D eigenvalue weighted by molar-refractivity contribution is 7.85. The van der Waals surface area contributed by atoms with Crippen molar-refractivity contribution >= 4 is 23.1 Å². The first-order chi connectivity index (χ1) is 29.4. The van der Waals surface area contributed by atoms with Crippen molar-refractivity contribution in [1.29, 1.82) is 0 Å². The highest BCUT2D eigenvalue weighted by Gasteiger charge is 2.54. The minimum absolute atomic E-state index is 0.354. The van der Waals surface area contributed by atoms with Crippen molar-refractivity contribution in [2.75, 3.05) is 0 Å². The molecule has 0 bridgehead atoms. The Morgan fingerprint density at radius 2 is 0.633 bits per heavy atom. The maximum Gasteiger partial charge on any atom is 0.171 e. The van der Waals surface area contributed by atoms with Gasteiger partial charge in [-0.1, -0.05) is 214 Å². The molecule has 0 unspecified atom stereocenters. The highest BCUT2D eigenvalue weighted by Crippen LogP contribution is 2.65. The first-order valence-corrected chi connectivity index (χ1v) is 22.6. The quantitative estimate of drug-likeness (QED) is 0.140. The molecule has 11 rings (SSSR count). The summed E-state index contributed by atoms with van der Waals surface area (Å²) in [6.45, 7) is 4.71. The molecule has 0 N–H and O–H groups in total. The molecule has 60 heavy (non-hydrogen) atoms. The first kappa shape index (κ1) is 36.3. The van der Waals surface area contributed by atoms with Gasteiger partial charge in [0, 0.05) is 21.3 Å². The van der Waals surface area contributed by atoms with Crippen LogP contribution < -0.4 is 15.9 Å². The van der Waals surface area contributed by atoms with E-state index in [1.807, 2.05) is 60.7 Å². The molecule has 0 amide bonds. The predicted molar refractivity (Wildman–Crippen MR) is 252 cm³/mol. The van der Waals surface area contributed by atoms with E-state index in [1.165, 1.54) is 77.9 Å². The molecular weight excluding hydrogens is 744 g/mol. The molecule has 2 aliphatic rings. The molecular formula is C58H43OP. The van der Waals surface area contributed by atoms with Gasteiger partial charge >= 0.3 is 0 Å². The summed E-state index contributed by atoms with van der Waals surface area (Å²) in [5, 5.41) is 2.54. The largest absolute Gasteiger partial charge is 0.309 e. The zero-order chi connectivity index (χ0) is 40.5. The molecule has 1 nitrogen and oxygen atoms in total. The fourth-order valence-electron chi connectivity index (χ4n) is 10.3. The van der Waals surface area contributed by atoms with Crippen LogP contribution in [0.5, 0.6) is 0 Å². The van der Waals surface area contributed by atoms with Gasteiger partial charge in [-0.25, -0.2) is 0 Å². The van der Waals surface area contributed by atoms with Crippen molar-refractivity contribution in [1.82, 2.24) is 0 Å². The Morgan fingerprint density at radius 3 is 1.07 bits per heavy atom. The molecule has 9 aromatic rings. The van der Waals surface area contributed by atoms with Crippen molar-refractivity contribution < 1.29 is 4.57 Å². The number of hydrogen-bond acceptors (Lipinski definition) is 1. The summed E-state index contributed by atoms with van der Waals surface area (Å²) in [5.74, 6) is 0. The van der Waals surface area contributed by atoms with Gasteiger partial charge in [0.2, 0.25) is 0 Å². The van der Waals surface area contributed by atoms with E-state index in [2.05, 4.69) is 178 Å². The predicted octanol–water partition coefficient (Wildman–Crippen LogP) is 13.3. The van der Waals surface area contributed by atoms with Crippen LogP contribution in [0, 0.1) is 0 Å². The van der Waals surface area contributed by atoms with Gasteiger partial charge in [0.25, 0.3) is 0 Å². The zero-order valence-electron chi connectivity index (χ0n) is 33.7. The van der Waals surface area contributed by atoms with E-state index in [1.54, 1.807) is 0 Å². The van der Waals surface area contributed by atoms with Crippen molar-refractivity contribution in [3.63, 3.8) is 0 Å². The van der Waals surface area contributed by atoms with Crippen LogP contribution in [0.15, 0.2) is 224 Å². The minimum atomic E-state index is -3.37. The Hall–Kier alpha value is -6.79. The summed E-state index contributed by atoms with van der Waals surface area (Å²) in [6.07, 6.45) is 0. The third kappa shape index (κ3) is 5.36. The molecule has 0 saturated heterocycles. The van der Waals surface area contributed by atoms with Crippen LogP contribution in [-0.2, 0) is 15.4 Å². The smallest absolute Gasteiger partial charge is 0.171 e. The van der Waals surface area contributed by atoms with E-state index in [9.17, 15) is 0 Å². The number of hydrogen-bond donors (Lipinski definition) is 0. The highest BCUT2D eigenvalue weighted by atomic mass is 31.2. The van der Waals surface area contributed by atoms with Gasteiger partial charge in [-0.3, -0.25) is 0 Å². The second kappa shape index (κ2) is 13.9. The Morgan fingerprint density at radius 1 is 0.317 bits per heavy atom. The summed E-state index contributed by atoms with van der Waals surface area (Å²) in [6, 6.07) is 80.3. The van der Waals surface area contributed by atoms with E-state index in [4.69, 9.17) is 0 Å². The summed E-state index contributed by atoms with van der Waals surface area (Å²) in [7, 11) is -3.37. The van der Waals surface area contributed by atoms with Gasteiger partial charge < -0.3 is 4.57 Å². The summed E-state index contributed by atoms with van der Waals surface area (Å²) in [5.41, 5.74) is 16.0. The summed E-state index contributed by atoms with van der Waals surface area (Å²) in [4.78, 5) is 0. The fourth-order valence-corrected chi connectivity index (χ4v) is 13.0. The van der Waals surface area contributed by atoms with Crippen LogP contribution in [0.25, 0.3) is 44.5 Å². The van der Waals surface area contributed by atoms with Crippen molar-refractivity contribution in [3.05, 3.63) is 258 Å². The normalized spacial score (nSPS) is 14.2. The Balaban J connectivity index is 1.27. The van der Waals surface area contributed by atoms with E-state index in [-0.39, 0.29) is 5.41 Å². The fraction of sp³-hybridized carbons (Fsp3) is 0.0690. The zero-order valence-corrected chi connectivity index (χ0v) is 34.6. The second-order valence-corrected chi connectivity index (χ2v) is 19.5. The lowest BCUT2D eigenvalue weighted by Gasteiger charge is -2.37. The molecule has 0 aliphatic heterocycles. The van der Waals surface area contributed by atoms with Gasteiger partial charge in [-0.2, -0.15) is 0 Å². The average Bonchev–Trinajstić information content (AvgIpc) is 3.75. The van der Waals surface area contributed by atoms with Crippen LogP contribution in [-0.4, -0.2) is 0 Å². The molecule has 0 aromatic heterocycles. The Labute approximate surface area is 353 Å². The van der Waals surface area contributed by atoms with Gasteiger partial charge in [0.15, 0.2) is 7.14 Å². The van der Waals surface area contributed by atoms with E-state index >= 15 is 4.57 Å². The van der Waals surface area contributed by atoms with Gasteiger partial charge in [-0.05, 0) is 102 Å². The topological polar surface area (TPSA) is 17.1 Å². The molecule has 0 heterocycles. The standard InChI is InChI=1S/C58H43OP/c1-57(2)51-36-45(42-22-12-5-13-23-42)37-53-55(51)56-52(57)38-50(60(59,48-24-14-6-15-25-48)49-26-16-7-17-27-49)39-54(56)58(53,46-32-28-43(29-33-46)40-18-8-3-9-19-40)47-34-30-44(31-35-47)41-20-10-4-11-21-41/h3-39H,1-2H3. The van der Waals surface area contributed by atoms with Crippen LogP contribution >= 0.6 is 7.14 Å². The molecule has 0 radical (unpaired) electrons. The van der Waals surface area contributed by atoms with Crippen LogP contribution in [0.2, 0.25) is 0 Å².